The summed E-state index contributed by atoms with van der Waals surface area (Å²) in [7, 11) is 0. The molecule has 0 bridgehead atoms. The first-order chi connectivity index (χ1) is 15.2. The number of halogens is 5. The Morgan fingerprint density at radius 3 is 2.16 bits per heavy atom. The Labute approximate surface area is 185 Å². The van der Waals surface area contributed by atoms with Crippen molar-refractivity contribution in [3.05, 3.63) is 95.0 Å². The number of alkyl halides is 3. The molecule has 0 saturated carbocycles. The molecule has 0 aliphatic heterocycles. The molecule has 0 fully saturated rings. The molecule has 4 aromatic rings. The van der Waals surface area contributed by atoms with Crippen LogP contribution in [0.15, 0.2) is 72.8 Å². The van der Waals surface area contributed by atoms with Gasteiger partial charge in [-0.15, -0.1) is 0 Å². The number of aromatic nitrogens is 2. The van der Waals surface area contributed by atoms with Crippen LogP contribution in [-0.2, 0) is 12.8 Å². The van der Waals surface area contributed by atoms with Gasteiger partial charge in [0.2, 0.25) is 0 Å². The molecule has 0 aliphatic rings. The van der Waals surface area contributed by atoms with Crippen molar-refractivity contribution in [2.45, 2.75) is 12.8 Å². The fourth-order valence-corrected chi connectivity index (χ4v) is 3.36. The molecule has 164 valence electrons. The highest BCUT2D eigenvalue weighted by Gasteiger charge is 2.35. The van der Waals surface area contributed by atoms with E-state index < -0.39 is 11.9 Å². The summed E-state index contributed by atoms with van der Waals surface area (Å²) >= 11 is 6.10. The Morgan fingerprint density at radius 1 is 0.938 bits per heavy atom. The van der Waals surface area contributed by atoms with Crippen molar-refractivity contribution in [1.82, 2.24) is 9.78 Å². The minimum absolute atomic E-state index is 0.0340. The van der Waals surface area contributed by atoms with E-state index in [0.29, 0.717) is 5.75 Å². The minimum Gasteiger partial charge on any atom is -0.506 e. The quantitative estimate of drug-likeness (QED) is 0.338. The van der Waals surface area contributed by atoms with Gasteiger partial charge in [-0.3, -0.25) is 0 Å². The van der Waals surface area contributed by atoms with Crippen LogP contribution in [0.1, 0.15) is 11.4 Å². The van der Waals surface area contributed by atoms with E-state index in [1.807, 2.05) is 0 Å². The third kappa shape index (κ3) is 4.55. The summed E-state index contributed by atoms with van der Waals surface area (Å²) in [4.78, 5) is 0. The van der Waals surface area contributed by atoms with Gasteiger partial charge in [-0.1, -0.05) is 41.9 Å². The Bertz CT molecular complexity index is 1220. The molecule has 0 atom stereocenters. The van der Waals surface area contributed by atoms with Gasteiger partial charge in [0.05, 0.1) is 10.7 Å². The van der Waals surface area contributed by atoms with Crippen molar-refractivity contribution >= 4 is 11.6 Å². The van der Waals surface area contributed by atoms with Crippen LogP contribution in [0.25, 0.3) is 16.8 Å². The number of aromatic hydroxyl groups is 1. The summed E-state index contributed by atoms with van der Waals surface area (Å²) in [6.45, 7) is -0.260. The lowest BCUT2D eigenvalue weighted by molar-refractivity contribution is -0.141. The summed E-state index contributed by atoms with van der Waals surface area (Å²) in [6, 6.07) is 17.8. The number of rotatable bonds is 5. The Hall–Kier alpha value is -3.52. The van der Waals surface area contributed by atoms with Gasteiger partial charge >= 0.3 is 6.18 Å². The van der Waals surface area contributed by atoms with Crippen molar-refractivity contribution in [2.75, 3.05) is 0 Å². The first kappa shape index (κ1) is 21.7. The van der Waals surface area contributed by atoms with Crippen LogP contribution in [0, 0.1) is 5.82 Å². The van der Waals surface area contributed by atoms with E-state index in [-0.39, 0.29) is 34.6 Å². The summed E-state index contributed by atoms with van der Waals surface area (Å²) in [5.41, 5.74) is 0.461. The molecule has 0 amide bonds. The summed E-state index contributed by atoms with van der Waals surface area (Å²) in [5, 5.41) is 13.7. The SMILES string of the molecule is Oc1cccc(Cl)c1-n1nc(C(F)(F)F)cc1COc1ccc(-c2ccc(F)cc2)cc1. The maximum atomic E-state index is 13.3. The van der Waals surface area contributed by atoms with Gasteiger partial charge in [0.25, 0.3) is 0 Å². The summed E-state index contributed by atoms with van der Waals surface area (Å²) < 4.78 is 59.4. The van der Waals surface area contributed by atoms with Crippen molar-refractivity contribution in [3.63, 3.8) is 0 Å². The summed E-state index contributed by atoms with van der Waals surface area (Å²) in [5.74, 6) is -0.257. The monoisotopic (exact) mass is 462 g/mol. The molecule has 1 N–H and O–H groups in total. The third-order valence-electron chi connectivity index (χ3n) is 4.67. The van der Waals surface area contributed by atoms with Crippen molar-refractivity contribution in [2.24, 2.45) is 0 Å². The first-order valence-corrected chi connectivity index (χ1v) is 9.73. The second-order valence-electron chi connectivity index (χ2n) is 6.86. The number of nitrogens with zero attached hydrogens (tertiary/aromatic N) is 2. The lowest BCUT2D eigenvalue weighted by Gasteiger charge is -2.12. The lowest BCUT2D eigenvalue weighted by Crippen LogP contribution is -2.09. The average molecular weight is 463 g/mol. The van der Waals surface area contributed by atoms with Crippen LogP contribution in [0.3, 0.4) is 0 Å². The zero-order valence-corrected chi connectivity index (χ0v) is 17.0. The average Bonchev–Trinajstić information content (AvgIpc) is 3.17. The van der Waals surface area contributed by atoms with Gasteiger partial charge in [0.1, 0.15) is 29.6 Å². The Balaban J connectivity index is 1.60. The second kappa shape index (κ2) is 8.55. The van der Waals surface area contributed by atoms with Gasteiger partial charge in [0, 0.05) is 0 Å². The number of benzene rings is 3. The topological polar surface area (TPSA) is 47.3 Å². The molecule has 0 spiro atoms. The maximum absolute atomic E-state index is 13.3. The third-order valence-corrected chi connectivity index (χ3v) is 4.97. The van der Waals surface area contributed by atoms with E-state index in [4.69, 9.17) is 16.3 Å². The molecular weight excluding hydrogens is 448 g/mol. The van der Waals surface area contributed by atoms with Gasteiger partial charge in [-0.2, -0.15) is 18.3 Å². The maximum Gasteiger partial charge on any atom is 0.435 e. The zero-order chi connectivity index (χ0) is 22.9. The number of hydrogen-bond acceptors (Lipinski definition) is 3. The lowest BCUT2D eigenvalue weighted by atomic mass is 10.1. The van der Waals surface area contributed by atoms with Crippen LogP contribution >= 0.6 is 11.6 Å². The highest BCUT2D eigenvalue weighted by Crippen LogP contribution is 2.34. The predicted molar refractivity (Wildman–Crippen MR) is 111 cm³/mol. The Kier molecular flexibility index (Phi) is 5.80. The van der Waals surface area contributed by atoms with Crippen LogP contribution in [0.2, 0.25) is 5.02 Å². The number of phenolic OH excluding ortho intramolecular Hbond substituents is 1. The number of ether oxygens (including phenoxy) is 1. The van der Waals surface area contributed by atoms with Crippen molar-refractivity contribution in [1.29, 1.82) is 0 Å². The van der Waals surface area contributed by atoms with E-state index in [0.717, 1.165) is 21.9 Å². The fraction of sp³-hybridized carbons (Fsp3) is 0.0870. The van der Waals surface area contributed by atoms with E-state index in [1.165, 1.54) is 30.3 Å². The molecule has 3 aromatic carbocycles. The molecule has 9 heteroatoms. The molecule has 32 heavy (non-hydrogen) atoms. The van der Waals surface area contributed by atoms with Gasteiger partial charge < -0.3 is 9.84 Å². The van der Waals surface area contributed by atoms with Crippen LogP contribution in [-0.4, -0.2) is 14.9 Å². The minimum atomic E-state index is -4.69. The normalized spacial score (nSPS) is 11.5. The largest absolute Gasteiger partial charge is 0.506 e. The van der Waals surface area contributed by atoms with E-state index in [2.05, 4.69) is 5.10 Å². The molecule has 0 saturated heterocycles. The van der Waals surface area contributed by atoms with Crippen LogP contribution < -0.4 is 4.74 Å². The van der Waals surface area contributed by atoms with E-state index in [1.54, 1.807) is 36.4 Å². The van der Waals surface area contributed by atoms with Crippen LogP contribution in [0.4, 0.5) is 17.6 Å². The second-order valence-corrected chi connectivity index (χ2v) is 7.27. The van der Waals surface area contributed by atoms with Crippen molar-refractivity contribution < 1.29 is 27.4 Å². The zero-order valence-electron chi connectivity index (χ0n) is 16.3. The van der Waals surface area contributed by atoms with E-state index >= 15 is 0 Å². The molecule has 0 aliphatic carbocycles. The number of phenols is 1. The Morgan fingerprint density at radius 2 is 1.56 bits per heavy atom. The molecule has 4 rings (SSSR count). The highest BCUT2D eigenvalue weighted by molar-refractivity contribution is 6.32. The molecule has 4 nitrogen and oxygen atoms in total. The number of hydrogen-bond donors (Lipinski definition) is 1. The first-order valence-electron chi connectivity index (χ1n) is 9.35. The number of para-hydroxylation sites is 1. The van der Waals surface area contributed by atoms with Gasteiger partial charge in [0.15, 0.2) is 5.69 Å². The molecule has 1 heterocycles. The van der Waals surface area contributed by atoms with Gasteiger partial charge in [-0.25, -0.2) is 9.07 Å². The molecule has 0 radical (unpaired) electrons. The standard InChI is InChI=1S/C23H15ClF4N2O2/c24-19-2-1-3-20(31)22(19)30-17(12-21(29-30)23(26,27)28)13-32-18-10-6-15(7-11-18)14-4-8-16(25)9-5-14/h1-12,31H,13H2. The summed E-state index contributed by atoms with van der Waals surface area (Å²) in [6.07, 6.45) is -4.69. The van der Waals surface area contributed by atoms with Crippen molar-refractivity contribution in [3.8, 4) is 28.3 Å². The van der Waals surface area contributed by atoms with Gasteiger partial charge in [-0.05, 0) is 53.6 Å². The fourth-order valence-electron chi connectivity index (χ4n) is 3.11. The van der Waals surface area contributed by atoms with E-state index in [9.17, 15) is 22.7 Å². The smallest absolute Gasteiger partial charge is 0.435 e. The molecular formula is C23H15ClF4N2O2. The highest BCUT2D eigenvalue weighted by atomic mass is 35.5. The van der Waals surface area contributed by atoms with Crippen LogP contribution in [0.5, 0.6) is 11.5 Å². The predicted octanol–water partition coefficient (Wildman–Crippen LogP) is 6.64. The molecule has 1 aromatic heterocycles. The molecule has 0 unspecified atom stereocenters.